The summed E-state index contributed by atoms with van der Waals surface area (Å²) in [4.78, 5) is 12.4. The number of hydrogen-bond donors (Lipinski definition) is 1. The van der Waals surface area contributed by atoms with Crippen molar-refractivity contribution in [3.05, 3.63) is 70.7 Å². The monoisotopic (exact) mass is 337 g/mol. The van der Waals surface area contributed by atoms with Gasteiger partial charge in [-0.1, -0.05) is 48.0 Å². The number of ether oxygens (including phenoxy) is 1. The van der Waals surface area contributed by atoms with E-state index in [0.29, 0.717) is 11.4 Å². The fourth-order valence-corrected chi connectivity index (χ4v) is 3.64. The molecule has 24 heavy (non-hydrogen) atoms. The predicted octanol–water partition coefficient (Wildman–Crippen LogP) is 4.98. The molecule has 1 heterocycles. The number of amides is 1. The van der Waals surface area contributed by atoms with E-state index < -0.39 is 0 Å². The van der Waals surface area contributed by atoms with Crippen molar-refractivity contribution in [3.8, 4) is 5.75 Å². The second-order valence-electron chi connectivity index (χ2n) is 5.94. The van der Waals surface area contributed by atoms with Gasteiger partial charge in [-0.05, 0) is 29.1 Å². The van der Waals surface area contributed by atoms with Crippen LogP contribution in [0.5, 0.6) is 5.75 Å². The lowest BCUT2D eigenvalue weighted by molar-refractivity contribution is -0.116. The Balaban J connectivity index is 1.96. The van der Waals surface area contributed by atoms with Crippen molar-refractivity contribution in [2.24, 2.45) is 0 Å². The Morgan fingerprint density at radius 1 is 1.08 bits per heavy atom. The molecule has 0 saturated heterocycles. The predicted molar refractivity (Wildman–Crippen MR) is 97.0 cm³/mol. The molecule has 1 N–H and O–H groups in total. The number of rotatable bonds is 2. The molecule has 1 atom stereocenters. The maximum absolute atomic E-state index is 12.4. The quantitative estimate of drug-likeness (QED) is 0.716. The van der Waals surface area contributed by atoms with Gasteiger partial charge >= 0.3 is 0 Å². The first-order chi connectivity index (χ1) is 11.7. The van der Waals surface area contributed by atoms with Crippen LogP contribution in [0.15, 0.2) is 54.6 Å². The maximum Gasteiger partial charge on any atom is 0.225 e. The molecule has 0 aromatic heterocycles. The van der Waals surface area contributed by atoms with Crippen LogP contribution in [-0.4, -0.2) is 13.0 Å². The molecule has 1 amide bonds. The molecule has 0 bridgehead atoms. The van der Waals surface area contributed by atoms with E-state index in [-0.39, 0.29) is 11.8 Å². The summed E-state index contributed by atoms with van der Waals surface area (Å²) in [5.41, 5.74) is 2.92. The van der Waals surface area contributed by atoms with Crippen LogP contribution in [-0.2, 0) is 4.79 Å². The summed E-state index contributed by atoms with van der Waals surface area (Å²) in [5.74, 6) is 0.677. The number of methoxy groups -OCH3 is 1. The van der Waals surface area contributed by atoms with Crippen molar-refractivity contribution < 1.29 is 9.53 Å². The summed E-state index contributed by atoms with van der Waals surface area (Å²) in [6.07, 6.45) is 0.377. The molecule has 3 aromatic carbocycles. The fraction of sp³-hybridized carbons (Fsp3) is 0.150. The maximum atomic E-state index is 12.4. The van der Waals surface area contributed by atoms with E-state index in [1.54, 1.807) is 13.2 Å². The van der Waals surface area contributed by atoms with Crippen molar-refractivity contribution >= 4 is 34.0 Å². The molecule has 0 radical (unpaired) electrons. The summed E-state index contributed by atoms with van der Waals surface area (Å²) >= 11 is 6.20. The topological polar surface area (TPSA) is 38.3 Å². The van der Waals surface area contributed by atoms with Crippen molar-refractivity contribution in [1.82, 2.24) is 0 Å². The molecule has 0 unspecified atom stereocenters. The van der Waals surface area contributed by atoms with Crippen LogP contribution in [0.2, 0.25) is 5.02 Å². The number of nitrogens with one attached hydrogen (secondary N) is 1. The molecule has 4 rings (SSSR count). The van der Waals surface area contributed by atoms with Crippen molar-refractivity contribution in [2.45, 2.75) is 12.3 Å². The molecule has 4 heteroatoms. The minimum Gasteiger partial charge on any atom is -0.496 e. The van der Waals surface area contributed by atoms with Gasteiger partial charge in [0, 0.05) is 28.3 Å². The van der Waals surface area contributed by atoms with Gasteiger partial charge in [0.25, 0.3) is 0 Å². The third-order valence-electron chi connectivity index (χ3n) is 4.56. The van der Waals surface area contributed by atoms with Gasteiger partial charge in [0.1, 0.15) is 5.75 Å². The van der Waals surface area contributed by atoms with Gasteiger partial charge in [-0.25, -0.2) is 0 Å². The molecule has 120 valence electrons. The smallest absolute Gasteiger partial charge is 0.225 e. The summed E-state index contributed by atoms with van der Waals surface area (Å²) in [6.45, 7) is 0. The van der Waals surface area contributed by atoms with Crippen molar-refractivity contribution in [2.75, 3.05) is 12.4 Å². The number of carbonyl (C=O) groups excluding carboxylic acids is 1. The van der Waals surface area contributed by atoms with E-state index in [1.807, 2.05) is 36.4 Å². The number of hydrogen-bond acceptors (Lipinski definition) is 2. The van der Waals surface area contributed by atoms with Gasteiger partial charge in [-0.3, -0.25) is 4.79 Å². The van der Waals surface area contributed by atoms with E-state index in [1.165, 1.54) is 0 Å². The number of halogens is 1. The van der Waals surface area contributed by atoms with Crippen LogP contribution in [0.3, 0.4) is 0 Å². The molecule has 3 nitrogen and oxygen atoms in total. The number of fused-ring (bicyclic) bond motifs is 3. The highest BCUT2D eigenvalue weighted by Gasteiger charge is 2.29. The first kappa shape index (κ1) is 15.0. The summed E-state index contributed by atoms with van der Waals surface area (Å²) in [7, 11) is 1.64. The SMILES string of the molecule is COc1ccc(Cl)cc1[C@@H]1CC(=O)Nc2c1ccc1ccccc21. The van der Waals surface area contributed by atoms with Gasteiger partial charge in [0.15, 0.2) is 0 Å². The minimum absolute atomic E-state index is 0.00545. The van der Waals surface area contributed by atoms with Gasteiger partial charge in [0.2, 0.25) is 5.91 Å². The molecular weight excluding hydrogens is 322 g/mol. The third kappa shape index (κ3) is 2.42. The standard InChI is InChI=1S/C20H16ClNO2/c1-24-18-9-7-13(21)10-17(18)16-11-19(23)22-20-14-5-3-2-4-12(14)6-8-15(16)20/h2-10,16H,11H2,1H3,(H,22,23)/t16-/m1/s1. The highest BCUT2D eigenvalue weighted by Crippen LogP contribution is 2.44. The zero-order chi connectivity index (χ0) is 16.7. The lowest BCUT2D eigenvalue weighted by atomic mass is 9.83. The summed E-state index contributed by atoms with van der Waals surface area (Å²) < 4.78 is 5.50. The average molecular weight is 338 g/mol. The van der Waals surface area contributed by atoms with E-state index in [2.05, 4.69) is 17.4 Å². The molecule has 0 aliphatic carbocycles. The molecule has 0 fully saturated rings. The highest BCUT2D eigenvalue weighted by molar-refractivity contribution is 6.30. The van der Waals surface area contributed by atoms with E-state index in [4.69, 9.17) is 16.3 Å². The number of benzene rings is 3. The highest BCUT2D eigenvalue weighted by atomic mass is 35.5. The Hall–Kier alpha value is -2.52. The molecular formula is C20H16ClNO2. The largest absolute Gasteiger partial charge is 0.496 e. The first-order valence-corrected chi connectivity index (χ1v) is 8.20. The second-order valence-corrected chi connectivity index (χ2v) is 6.38. The van der Waals surface area contributed by atoms with Crippen molar-refractivity contribution in [3.63, 3.8) is 0 Å². The first-order valence-electron chi connectivity index (χ1n) is 7.82. The Morgan fingerprint density at radius 2 is 1.92 bits per heavy atom. The minimum atomic E-state index is -0.0768. The van der Waals surface area contributed by atoms with Gasteiger partial charge < -0.3 is 10.1 Å². The molecule has 1 aliphatic rings. The zero-order valence-corrected chi connectivity index (χ0v) is 13.9. The normalized spacial score (nSPS) is 16.6. The van der Waals surface area contributed by atoms with Crippen LogP contribution in [0, 0.1) is 0 Å². The van der Waals surface area contributed by atoms with Gasteiger partial charge in [0.05, 0.1) is 12.8 Å². The fourth-order valence-electron chi connectivity index (χ4n) is 3.46. The van der Waals surface area contributed by atoms with Crippen LogP contribution in [0.4, 0.5) is 5.69 Å². The van der Waals surface area contributed by atoms with E-state index >= 15 is 0 Å². The van der Waals surface area contributed by atoms with Crippen LogP contribution in [0.1, 0.15) is 23.5 Å². The lowest BCUT2D eigenvalue weighted by Gasteiger charge is -2.28. The summed E-state index contributed by atoms with van der Waals surface area (Å²) in [6, 6.07) is 17.8. The second kappa shape index (κ2) is 5.84. The molecule has 1 aliphatic heterocycles. The van der Waals surface area contributed by atoms with E-state index in [9.17, 15) is 4.79 Å². The average Bonchev–Trinajstić information content (AvgIpc) is 2.61. The Morgan fingerprint density at radius 3 is 2.75 bits per heavy atom. The summed E-state index contributed by atoms with van der Waals surface area (Å²) in [5, 5.41) is 5.84. The van der Waals surface area contributed by atoms with Crippen LogP contribution in [0.25, 0.3) is 10.8 Å². The van der Waals surface area contributed by atoms with Crippen molar-refractivity contribution in [1.29, 1.82) is 0 Å². The van der Waals surface area contributed by atoms with Gasteiger partial charge in [-0.2, -0.15) is 0 Å². The molecule has 0 spiro atoms. The lowest BCUT2D eigenvalue weighted by Crippen LogP contribution is -2.24. The number of carbonyl (C=O) groups is 1. The Bertz CT molecular complexity index is 952. The number of anilines is 1. The van der Waals surface area contributed by atoms with Crippen LogP contribution >= 0.6 is 11.6 Å². The Labute approximate surface area is 145 Å². The zero-order valence-electron chi connectivity index (χ0n) is 13.2. The van der Waals surface area contributed by atoms with Crippen LogP contribution < -0.4 is 10.1 Å². The molecule has 3 aromatic rings. The van der Waals surface area contributed by atoms with E-state index in [0.717, 1.165) is 33.3 Å². The third-order valence-corrected chi connectivity index (χ3v) is 4.79. The molecule has 0 saturated carbocycles. The Kier molecular flexibility index (Phi) is 3.66. The van der Waals surface area contributed by atoms with Gasteiger partial charge in [-0.15, -0.1) is 0 Å².